The maximum Gasteiger partial charge on any atom is 0.132 e. The van der Waals surface area contributed by atoms with Gasteiger partial charge in [-0.05, 0) is 112 Å². The first-order chi connectivity index (χ1) is 31.2. The van der Waals surface area contributed by atoms with E-state index in [1.165, 1.54) is 69.5 Å². The molecule has 0 saturated heterocycles. The largest absolute Gasteiger partial charge is 0.457 e. The Morgan fingerprint density at radius 3 is 1.95 bits per heavy atom. The molecule has 1 atom stereocenters. The van der Waals surface area contributed by atoms with Gasteiger partial charge in [-0.25, -0.2) is 0 Å². The molecule has 2 aliphatic rings. The van der Waals surface area contributed by atoms with Gasteiger partial charge < -0.3 is 14.2 Å². The first kappa shape index (κ1) is 34.8. The zero-order valence-electron chi connectivity index (χ0n) is 34.0. The number of para-hydroxylation sites is 3. The molecular weight excluding hydrogens is 785 g/mol. The Hall–Kier alpha value is -7.92. The van der Waals surface area contributed by atoms with Gasteiger partial charge >= 0.3 is 0 Å². The lowest BCUT2D eigenvalue weighted by atomic mass is 9.58. The van der Waals surface area contributed by atoms with E-state index < -0.39 is 5.41 Å². The quantitative estimate of drug-likeness (QED) is 0.176. The monoisotopic (exact) mass is 820 g/mol. The second kappa shape index (κ2) is 13.0. The van der Waals surface area contributed by atoms with Crippen molar-refractivity contribution in [3.8, 4) is 28.3 Å². The summed E-state index contributed by atoms with van der Waals surface area (Å²) in [7, 11) is 0. The highest BCUT2D eigenvalue weighted by molar-refractivity contribution is 7.25. The molecule has 2 aromatic heterocycles. The van der Waals surface area contributed by atoms with Crippen molar-refractivity contribution in [2.75, 3.05) is 4.90 Å². The SMILES string of the molecule is c1ccc(-n2c3ccccc3c3ccc(N(c4ccc5c(c4)C4(c6ccccc6O5)c5ccccc5-c5cccc6cccc4c56)c4ccc5sc6ccccc6c5c4)cc32)cc1. The molecule has 0 amide bonds. The summed E-state index contributed by atoms with van der Waals surface area (Å²) in [6.07, 6.45) is 0. The number of rotatable bonds is 4. The molecule has 1 aliphatic heterocycles. The highest BCUT2D eigenvalue weighted by Crippen LogP contribution is 2.62. The van der Waals surface area contributed by atoms with Gasteiger partial charge in [-0.3, -0.25) is 0 Å². The van der Waals surface area contributed by atoms with Gasteiger partial charge in [0.25, 0.3) is 0 Å². The van der Waals surface area contributed by atoms with Crippen molar-refractivity contribution in [1.29, 1.82) is 0 Å². The second-order valence-corrected chi connectivity index (χ2v) is 17.9. The fourth-order valence-electron chi connectivity index (χ4n) is 11.1. The summed E-state index contributed by atoms with van der Waals surface area (Å²) in [6.45, 7) is 0. The van der Waals surface area contributed by atoms with Crippen LogP contribution in [0.3, 0.4) is 0 Å². The van der Waals surface area contributed by atoms with Crippen LogP contribution in [0.1, 0.15) is 22.3 Å². The van der Waals surface area contributed by atoms with Crippen molar-refractivity contribution in [3.63, 3.8) is 0 Å². The molecular formula is C59H36N2OS. The first-order valence-electron chi connectivity index (χ1n) is 21.6. The van der Waals surface area contributed by atoms with E-state index in [1.54, 1.807) is 0 Å². The van der Waals surface area contributed by atoms with Crippen molar-refractivity contribution in [3.05, 3.63) is 241 Å². The molecule has 0 fully saturated rings. The third kappa shape index (κ3) is 4.79. The Morgan fingerprint density at radius 1 is 0.397 bits per heavy atom. The van der Waals surface area contributed by atoms with Crippen molar-refractivity contribution >= 4 is 81.1 Å². The molecule has 3 heterocycles. The van der Waals surface area contributed by atoms with Crippen LogP contribution in [0.15, 0.2) is 218 Å². The average Bonchev–Trinajstić information content (AvgIpc) is 3.88. The Bertz CT molecular complexity index is 3860. The Labute approximate surface area is 367 Å². The predicted octanol–water partition coefficient (Wildman–Crippen LogP) is 16.2. The maximum atomic E-state index is 6.98. The van der Waals surface area contributed by atoms with Crippen LogP contribution in [0, 0.1) is 0 Å². The number of hydrogen-bond acceptors (Lipinski definition) is 3. The second-order valence-electron chi connectivity index (χ2n) is 16.8. The van der Waals surface area contributed by atoms with Gasteiger partial charge in [0.1, 0.15) is 11.5 Å². The van der Waals surface area contributed by atoms with Gasteiger partial charge in [0.15, 0.2) is 0 Å². The van der Waals surface area contributed by atoms with E-state index in [-0.39, 0.29) is 0 Å². The molecule has 4 heteroatoms. The van der Waals surface area contributed by atoms with Crippen LogP contribution < -0.4 is 9.64 Å². The van der Waals surface area contributed by atoms with Crippen LogP contribution in [0.5, 0.6) is 11.5 Å². The van der Waals surface area contributed by atoms with Gasteiger partial charge in [0, 0.05) is 64.8 Å². The Balaban J connectivity index is 1.08. The number of nitrogens with zero attached hydrogens (tertiary/aromatic N) is 2. The van der Waals surface area contributed by atoms with E-state index in [2.05, 4.69) is 228 Å². The predicted molar refractivity (Wildman–Crippen MR) is 263 cm³/mol. The molecule has 1 unspecified atom stereocenters. The van der Waals surface area contributed by atoms with E-state index in [1.807, 2.05) is 11.3 Å². The van der Waals surface area contributed by atoms with Crippen molar-refractivity contribution in [2.45, 2.75) is 5.41 Å². The van der Waals surface area contributed by atoms with Gasteiger partial charge in [0.2, 0.25) is 0 Å². The number of hydrogen-bond donors (Lipinski definition) is 0. The standard InChI is InChI=1S/C59H36N2OS/c1-2-16-38(17-3-1)61-52-25-9-5-19-43(52)44-31-28-41(36-53(44)61)60(39-30-33-57-47(34-39)45-20-6-11-27-56(45)63-57)40-29-32-55-51(35-40)59(49-23-8-10-26-54(49)62-55)48-22-7-4-18-42(48)46-21-12-14-37-15-13-24-50(59)58(37)46/h1-36H. The van der Waals surface area contributed by atoms with E-state index >= 15 is 0 Å². The fraction of sp³-hybridized carbons (Fsp3) is 0.0169. The van der Waals surface area contributed by atoms with Crippen molar-refractivity contribution in [2.24, 2.45) is 0 Å². The lowest BCUT2D eigenvalue weighted by Gasteiger charge is -2.45. The molecule has 0 bridgehead atoms. The van der Waals surface area contributed by atoms with E-state index in [4.69, 9.17) is 4.74 Å². The number of fused-ring (bicyclic) bond motifs is 14. The summed E-state index contributed by atoms with van der Waals surface area (Å²) in [5.74, 6) is 1.75. The normalized spacial score (nSPS) is 14.9. The van der Waals surface area contributed by atoms with E-state index in [9.17, 15) is 0 Å². The van der Waals surface area contributed by atoms with Crippen LogP contribution in [0.25, 0.3) is 69.6 Å². The molecule has 0 radical (unpaired) electrons. The van der Waals surface area contributed by atoms with Gasteiger partial charge in [0.05, 0.1) is 16.4 Å². The summed E-state index contributed by atoms with van der Waals surface area (Å²) in [5.41, 5.74) is 13.4. The Morgan fingerprint density at radius 2 is 1.03 bits per heavy atom. The number of thiophene rings is 1. The van der Waals surface area contributed by atoms with Gasteiger partial charge in [-0.2, -0.15) is 0 Å². The topological polar surface area (TPSA) is 17.4 Å². The molecule has 0 N–H and O–H groups in total. The minimum absolute atomic E-state index is 0.659. The molecule has 12 aromatic rings. The lowest BCUT2D eigenvalue weighted by molar-refractivity contribution is 0.435. The van der Waals surface area contributed by atoms with Crippen LogP contribution in [0.2, 0.25) is 0 Å². The average molecular weight is 821 g/mol. The minimum atomic E-state index is -0.659. The fourth-order valence-corrected chi connectivity index (χ4v) is 12.2. The van der Waals surface area contributed by atoms with Crippen LogP contribution >= 0.6 is 11.3 Å². The molecule has 14 rings (SSSR count). The van der Waals surface area contributed by atoms with Gasteiger partial charge in [-0.15, -0.1) is 11.3 Å². The third-order valence-electron chi connectivity index (χ3n) is 13.6. The molecule has 3 nitrogen and oxygen atoms in total. The minimum Gasteiger partial charge on any atom is -0.457 e. The summed E-state index contributed by atoms with van der Waals surface area (Å²) >= 11 is 1.85. The van der Waals surface area contributed by atoms with Crippen LogP contribution in [0.4, 0.5) is 17.1 Å². The summed E-state index contributed by atoms with van der Waals surface area (Å²) < 4.78 is 12.0. The third-order valence-corrected chi connectivity index (χ3v) is 14.8. The molecule has 1 spiro atoms. The van der Waals surface area contributed by atoms with Crippen molar-refractivity contribution in [1.82, 2.24) is 4.57 Å². The van der Waals surface area contributed by atoms with E-state index in [0.29, 0.717) is 0 Å². The number of anilines is 3. The number of ether oxygens (including phenoxy) is 1. The maximum absolute atomic E-state index is 6.98. The van der Waals surface area contributed by atoms with Crippen LogP contribution in [-0.4, -0.2) is 4.57 Å². The first-order valence-corrected chi connectivity index (χ1v) is 22.4. The summed E-state index contributed by atoms with van der Waals surface area (Å²) in [4.78, 5) is 2.45. The number of aromatic nitrogens is 1. The summed E-state index contributed by atoms with van der Waals surface area (Å²) in [6, 6.07) is 80.4. The molecule has 0 saturated carbocycles. The smallest absolute Gasteiger partial charge is 0.132 e. The van der Waals surface area contributed by atoms with E-state index in [0.717, 1.165) is 50.9 Å². The molecule has 294 valence electrons. The highest BCUT2D eigenvalue weighted by atomic mass is 32.1. The zero-order chi connectivity index (χ0) is 41.2. The Kier molecular flexibility index (Phi) is 7.20. The van der Waals surface area contributed by atoms with Gasteiger partial charge in [-0.1, -0.05) is 140 Å². The zero-order valence-corrected chi connectivity index (χ0v) is 34.8. The molecule has 10 aromatic carbocycles. The molecule has 1 aliphatic carbocycles. The highest BCUT2D eigenvalue weighted by Gasteiger charge is 2.49. The van der Waals surface area contributed by atoms with Crippen LogP contribution in [-0.2, 0) is 5.41 Å². The van der Waals surface area contributed by atoms with Crippen molar-refractivity contribution < 1.29 is 4.74 Å². The lowest BCUT2D eigenvalue weighted by Crippen LogP contribution is -2.36. The number of benzene rings is 10. The summed E-state index contributed by atoms with van der Waals surface area (Å²) in [5, 5.41) is 7.51. The molecule has 63 heavy (non-hydrogen) atoms.